The molecule has 2 N–H and O–H groups in total. The van der Waals surface area contributed by atoms with Crippen molar-refractivity contribution in [3.63, 3.8) is 0 Å². The summed E-state index contributed by atoms with van der Waals surface area (Å²) in [7, 11) is 2.00. The van der Waals surface area contributed by atoms with Crippen LogP contribution in [0.15, 0.2) is 10.6 Å². The first-order valence-corrected chi connectivity index (χ1v) is 5.75. The molecule has 0 aromatic carbocycles. The maximum Gasteiger partial charge on any atom is 0.0282 e. The zero-order chi connectivity index (χ0) is 9.40. The average Bonchev–Trinajstić information content (AvgIpc) is 2.20. The van der Waals surface area contributed by atoms with Gasteiger partial charge >= 0.3 is 0 Å². The lowest BCUT2D eigenvalue weighted by molar-refractivity contribution is 0.666. The highest BCUT2D eigenvalue weighted by atomic mass is 32.2. The highest BCUT2D eigenvalue weighted by Crippen LogP contribution is 2.18. The standard InChI is InChI=1S/C7H14N2S.C2H6/c1-8-6-3-4-9-5-7(6)10-2;1-2/h8-9H,3-5H2,1-2H3;1-2H3. The molecule has 1 aliphatic rings. The van der Waals surface area contributed by atoms with E-state index >= 15 is 0 Å². The Morgan fingerprint density at radius 3 is 2.50 bits per heavy atom. The Hall–Kier alpha value is -0.150. The fourth-order valence-electron chi connectivity index (χ4n) is 1.12. The largest absolute Gasteiger partial charge is 0.391 e. The minimum Gasteiger partial charge on any atom is -0.391 e. The fourth-order valence-corrected chi connectivity index (χ4v) is 1.82. The highest BCUT2D eigenvalue weighted by Gasteiger charge is 2.08. The molecule has 1 aliphatic heterocycles. The van der Waals surface area contributed by atoms with Gasteiger partial charge < -0.3 is 10.6 Å². The van der Waals surface area contributed by atoms with E-state index in [1.165, 1.54) is 10.6 Å². The molecule has 0 unspecified atom stereocenters. The molecule has 0 saturated carbocycles. The number of hydrogen-bond donors (Lipinski definition) is 2. The normalized spacial score (nSPS) is 16.7. The second kappa shape index (κ2) is 7.50. The van der Waals surface area contributed by atoms with Crippen molar-refractivity contribution in [1.29, 1.82) is 0 Å². The van der Waals surface area contributed by atoms with Crippen LogP contribution in [-0.4, -0.2) is 26.4 Å². The Balaban J connectivity index is 0.000000561. The van der Waals surface area contributed by atoms with Crippen molar-refractivity contribution in [2.45, 2.75) is 20.3 Å². The molecule has 0 radical (unpaired) electrons. The van der Waals surface area contributed by atoms with E-state index in [0.717, 1.165) is 19.5 Å². The second-order valence-electron chi connectivity index (χ2n) is 2.28. The van der Waals surface area contributed by atoms with E-state index < -0.39 is 0 Å². The molecule has 0 saturated heterocycles. The maximum absolute atomic E-state index is 3.33. The predicted octanol–water partition coefficient (Wildman–Crippen LogP) is 1.80. The Bertz CT molecular complexity index is 127. The zero-order valence-corrected chi connectivity index (χ0v) is 9.35. The van der Waals surface area contributed by atoms with Crippen LogP contribution in [0.1, 0.15) is 20.3 Å². The third-order valence-corrected chi connectivity index (χ3v) is 2.61. The lowest BCUT2D eigenvalue weighted by Crippen LogP contribution is -2.28. The Morgan fingerprint density at radius 2 is 2.08 bits per heavy atom. The van der Waals surface area contributed by atoms with Crippen LogP contribution in [0.3, 0.4) is 0 Å². The number of rotatable bonds is 2. The predicted molar refractivity (Wildman–Crippen MR) is 58.4 cm³/mol. The Kier molecular flexibility index (Phi) is 7.40. The molecule has 1 rings (SSSR count). The van der Waals surface area contributed by atoms with Crippen molar-refractivity contribution in [1.82, 2.24) is 10.6 Å². The molecule has 0 amide bonds. The van der Waals surface area contributed by atoms with Gasteiger partial charge in [-0.15, -0.1) is 11.8 Å². The van der Waals surface area contributed by atoms with Gasteiger partial charge in [-0.05, 0) is 6.26 Å². The summed E-state index contributed by atoms with van der Waals surface area (Å²) in [5.74, 6) is 0. The zero-order valence-electron chi connectivity index (χ0n) is 8.53. The molecular weight excluding hydrogens is 168 g/mol. The van der Waals surface area contributed by atoms with Gasteiger partial charge in [-0.1, -0.05) is 13.8 Å². The topological polar surface area (TPSA) is 24.1 Å². The first kappa shape index (κ1) is 11.8. The van der Waals surface area contributed by atoms with Gasteiger partial charge in [0.1, 0.15) is 0 Å². The summed E-state index contributed by atoms with van der Waals surface area (Å²) < 4.78 is 0. The summed E-state index contributed by atoms with van der Waals surface area (Å²) >= 11 is 1.83. The quantitative estimate of drug-likeness (QED) is 0.691. The summed E-state index contributed by atoms with van der Waals surface area (Å²) in [5, 5.41) is 6.56. The van der Waals surface area contributed by atoms with Gasteiger partial charge in [0.25, 0.3) is 0 Å². The number of nitrogens with one attached hydrogen (secondary N) is 2. The van der Waals surface area contributed by atoms with Crippen molar-refractivity contribution in [3.05, 3.63) is 10.6 Å². The van der Waals surface area contributed by atoms with Crippen LogP contribution >= 0.6 is 11.8 Å². The van der Waals surface area contributed by atoms with Gasteiger partial charge in [-0.3, -0.25) is 0 Å². The third kappa shape index (κ3) is 3.50. The molecule has 3 heteroatoms. The third-order valence-electron chi connectivity index (χ3n) is 1.72. The minimum absolute atomic E-state index is 1.04. The Labute approximate surface area is 80.2 Å². The first-order chi connectivity index (χ1) is 5.88. The van der Waals surface area contributed by atoms with Crippen LogP contribution in [0.2, 0.25) is 0 Å². The lowest BCUT2D eigenvalue weighted by atomic mass is 10.2. The molecule has 0 bridgehead atoms. The highest BCUT2D eigenvalue weighted by molar-refractivity contribution is 8.02. The lowest BCUT2D eigenvalue weighted by Gasteiger charge is -2.19. The summed E-state index contributed by atoms with van der Waals surface area (Å²) in [6.45, 7) is 6.15. The first-order valence-electron chi connectivity index (χ1n) is 4.53. The van der Waals surface area contributed by atoms with E-state index in [4.69, 9.17) is 0 Å². The summed E-state index contributed by atoms with van der Waals surface area (Å²) in [6, 6.07) is 0. The molecule has 12 heavy (non-hydrogen) atoms. The van der Waals surface area contributed by atoms with E-state index in [-0.39, 0.29) is 0 Å². The van der Waals surface area contributed by atoms with Crippen molar-refractivity contribution in [2.24, 2.45) is 0 Å². The van der Waals surface area contributed by atoms with E-state index in [1.807, 2.05) is 32.7 Å². The summed E-state index contributed by atoms with van der Waals surface area (Å²) in [6.07, 6.45) is 3.27. The molecule has 0 spiro atoms. The fraction of sp³-hybridized carbons (Fsp3) is 0.778. The smallest absolute Gasteiger partial charge is 0.0282 e. The Morgan fingerprint density at radius 1 is 1.42 bits per heavy atom. The second-order valence-corrected chi connectivity index (χ2v) is 3.18. The molecule has 1 heterocycles. The number of hydrogen-bond acceptors (Lipinski definition) is 3. The van der Waals surface area contributed by atoms with Gasteiger partial charge in [-0.25, -0.2) is 0 Å². The minimum atomic E-state index is 1.04. The molecule has 0 aliphatic carbocycles. The number of thioether (sulfide) groups is 1. The van der Waals surface area contributed by atoms with Gasteiger partial charge in [0.05, 0.1) is 0 Å². The van der Waals surface area contributed by atoms with Crippen molar-refractivity contribution in [2.75, 3.05) is 26.4 Å². The van der Waals surface area contributed by atoms with E-state index in [2.05, 4.69) is 16.9 Å². The van der Waals surface area contributed by atoms with Crippen LogP contribution < -0.4 is 10.6 Å². The molecule has 72 valence electrons. The summed E-state index contributed by atoms with van der Waals surface area (Å²) in [5.41, 5.74) is 1.41. The molecule has 0 atom stereocenters. The van der Waals surface area contributed by atoms with Crippen molar-refractivity contribution >= 4 is 11.8 Å². The van der Waals surface area contributed by atoms with Crippen LogP contribution in [0, 0.1) is 0 Å². The molecule has 2 nitrogen and oxygen atoms in total. The molecule has 0 fully saturated rings. The van der Waals surface area contributed by atoms with Gasteiger partial charge in [0.2, 0.25) is 0 Å². The molecule has 0 aromatic rings. The van der Waals surface area contributed by atoms with E-state index in [9.17, 15) is 0 Å². The van der Waals surface area contributed by atoms with Gasteiger partial charge in [0, 0.05) is 37.2 Å². The maximum atomic E-state index is 3.33. The molecular formula is C9H20N2S. The van der Waals surface area contributed by atoms with Gasteiger partial charge in [-0.2, -0.15) is 0 Å². The van der Waals surface area contributed by atoms with Crippen molar-refractivity contribution < 1.29 is 0 Å². The monoisotopic (exact) mass is 188 g/mol. The SMILES string of the molecule is CC.CNC1=C(SC)CNCC1. The van der Waals surface area contributed by atoms with Crippen LogP contribution in [-0.2, 0) is 0 Å². The van der Waals surface area contributed by atoms with Crippen LogP contribution in [0.4, 0.5) is 0 Å². The van der Waals surface area contributed by atoms with Crippen molar-refractivity contribution in [3.8, 4) is 0 Å². The van der Waals surface area contributed by atoms with Crippen LogP contribution in [0.5, 0.6) is 0 Å². The van der Waals surface area contributed by atoms with E-state index in [0.29, 0.717) is 0 Å². The molecule has 0 aromatic heterocycles. The van der Waals surface area contributed by atoms with Gasteiger partial charge in [0.15, 0.2) is 0 Å². The summed E-state index contributed by atoms with van der Waals surface area (Å²) in [4.78, 5) is 1.45. The average molecular weight is 188 g/mol. The van der Waals surface area contributed by atoms with E-state index in [1.54, 1.807) is 0 Å². The van der Waals surface area contributed by atoms with Crippen LogP contribution in [0.25, 0.3) is 0 Å².